The Morgan fingerprint density at radius 3 is 1.93 bits per heavy atom. The van der Waals surface area contributed by atoms with Crippen LogP contribution in [0.2, 0.25) is 0 Å². The van der Waals surface area contributed by atoms with Crippen molar-refractivity contribution in [2.45, 2.75) is 50.4 Å². The molecule has 0 aliphatic heterocycles. The number of amides is 4. The van der Waals surface area contributed by atoms with Crippen molar-refractivity contribution < 1.29 is 29.1 Å². The van der Waals surface area contributed by atoms with Crippen LogP contribution in [-0.4, -0.2) is 76.6 Å². The summed E-state index contributed by atoms with van der Waals surface area (Å²) in [5.74, 6) is -3.56. The fourth-order valence-electron chi connectivity index (χ4n) is 2.09. The summed E-state index contributed by atoms with van der Waals surface area (Å²) in [5, 5.41) is 16.4. The largest absolute Gasteiger partial charge is 0.480 e. The fourth-order valence-corrected chi connectivity index (χ4v) is 2.82. The lowest BCUT2D eigenvalue weighted by molar-refractivity contribution is -0.142. The summed E-state index contributed by atoms with van der Waals surface area (Å²) in [6.45, 7) is 1.44. The van der Waals surface area contributed by atoms with Crippen LogP contribution >= 0.6 is 24.4 Å². The number of thioether (sulfide) groups is 1. The minimum atomic E-state index is -1.22. The van der Waals surface area contributed by atoms with Crippen molar-refractivity contribution in [2.75, 3.05) is 17.8 Å². The molecule has 4 unspecified atom stereocenters. The summed E-state index contributed by atoms with van der Waals surface area (Å²) in [4.78, 5) is 59.1. The maximum absolute atomic E-state index is 12.5. The third-order valence-electron chi connectivity index (χ3n) is 3.77. The molecular formula is C16H29N5O6S2. The third kappa shape index (κ3) is 10.9. The summed E-state index contributed by atoms with van der Waals surface area (Å²) in [5.41, 5.74) is 10.6. The van der Waals surface area contributed by atoms with E-state index in [2.05, 4.69) is 28.6 Å². The summed E-state index contributed by atoms with van der Waals surface area (Å²) < 4.78 is 0. The SMILES string of the molecule is CSCCC(NC(=O)C(CCC(N)=O)NC(=O)C(CS)NC(=O)C(C)N)C(=O)O. The molecule has 13 heteroatoms. The molecule has 0 bridgehead atoms. The Morgan fingerprint density at radius 2 is 1.48 bits per heavy atom. The highest BCUT2D eigenvalue weighted by Crippen LogP contribution is 2.05. The van der Waals surface area contributed by atoms with Crippen LogP contribution in [0, 0.1) is 0 Å². The number of hydrogen-bond acceptors (Lipinski definition) is 8. The van der Waals surface area contributed by atoms with Crippen molar-refractivity contribution in [1.82, 2.24) is 16.0 Å². The van der Waals surface area contributed by atoms with Gasteiger partial charge >= 0.3 is 5.97 Å². The lowest BCUT2D eigenvalue weighted by Crippen LogP contribution is -2.57. The van der Waals surface area contributed by atoms with Gasteiger partial charge in [0, 0.05) is 12.2 Å². The Morgan fingerprint density at radius 1 is 0.966 bits per heavy atom. The lowest BCUT2D eigenvalue weighted by atomic mass is 10.1. The molecular weight excluding hydrogens is 422 g/mol. The molecule has 0 aliphatic carbocycles. The molecule has 4 atom stereocenters. The van der Waals surface area contributed by atoms with Gasteiger partial charge in [-0.15, -0.1) is 0 Å². The predicted molar refractivity (Wildman–Crippen MR) is 112 cm³/mol. The number of aliphatic carboxylic acids is 1. The van der Waals surface area contributed by atoms with Crippen LogP contribution in [0.5, 0.6) is 0 Å². The normalized spacial score (nSPS) is 14.8. The molecule has 0 heterocycles. The van der Waals surface area contributed by atoms with Crippen LogP contribution in [0.15, 0.2) is 0 Å². The Hall–Kier alpha value is -1.99. The van der Waals surface area contributed by atoms with Crippen LogP contribution in [0.1, 0.15) is 26.2 Å². The average Bonchev–Trinajstić information content (AvgIpc) is 2.65. The van der Waals surface area contributed by atoms with Crippen molar-refractivity contribution in [1.29, 1.82) is 0 Å². The molecule has 0 aromatic heterocycles. The number of carboxylic acid groups (broad SMARTS) is 1. The third-order valence-corrected chi connectivity index (χ3v) is 4.78. The highest BCUT2D eigenvalue weighted by molar-refractivity contribution is 7.98. The molecule has 0 aromatic carbocycles. The van der Waals surface area contributed by atoms with E-state index in [1.54, 1.807) is 6.26 Å². The predicted octanol–water partition coefficient (Wildman–Crippen LogP) is -2.18. The minimum Gasteiger partial charge on any atom is -0.480 e. The topological polar surface area (TPSA) is 194 Å². The van der Waals surface area contributed by atoms with E-state index < -0.39 is 53.8 Å². The van der Waals surface area contributed by atoms with Gasteiger partial charge in [-0.2, -0.15) is 24.4 Å². The first-order chi connectivity index (χ1) is 13.5. The van der Waals surface area contributed by atoms with E-state index in [0.29, 0.717) is 5.75 Å². The first kappa shape index (κ1) is 27.0. The number of thiol groups is 1. The second-order valence-electron chi connectivity index (χ2n) is 6.28. The molecule has 166 valence electrons. The number of carbonyl (C=O) groups is 5. The van der Waals surface area contributed by atoms with Gasteiger partial charge in [-0.05, 0) is 31.8 Å². The quantitative estimate of drug-likeness (QED) is 0.145. The first-order valence-corrected chi connectivity index (χ1v) is 10.8. The van der Waals surface area contributed by atoms with Crippen LogP contribution in [-0.2, 0) is 24.0 Å². The molecule has 0 aliphatic rings. The van der Waals surface area contributed by atoms with Crippen LogP contribution in [0.3, 0.4) is 0 Å². The van der Waals surface area contributed by atoms with Crippen LogP contribution in [0.25, 0.3) is 0 Å². The number of hydrogen-bond donors (Lipinski definition) is 7. The van der Waals surface area contributed by atoms with Gasteiger partial charge in [-0.25, -0.2) is 4.79 Å². The zero-order valence-corrected chi connectivity index (χ0v) is 18.1. The highest BCUT2D eigenvalue weighted by Gasteiger charge is 2.29. The average molecular weight is 452 g/mol. The van der Waals surface area contributed by atoms with Gasteiger partial charge in [0.25, 0.3) is 0 Å². The molecule has 4 amide bonds. The molecule has 0 spiro atoms. The second-order valence-corrected chi connectivity index (χ2v) is 7.63. The van der Waals surface area contributed by atoms with Gasteiger partial charge in [0.15, 0.2) is 0 Å². The standard InChI is InChI=1S/C16H29N5O6S2/c1-8(17)13(23)21-11(7-28)15(25)19-9(3-4-12(18)22)14(24)20-10(16(26)27)5-6-29-2/h8-11,28H,3-7,17H2,1-2H3,(H2,18,22)(H,19,25)(H,20,24)(H,21,23)(H,26,27). The Labute approximate surface area is 178 Å². The molecule has 29 heavy (non-hydrogen) atoms. The maximum atomic E-state index is 12.5. The van der Waals surface area contributed by atoms with Gasteiger partial charge in [-0.3, -0.25) is 19.2 Å². The van der Waals surface area contributed by atoms with Gasteiger partial charge in [-0.1, -0.05) is 0 Å². The van der Waals surface area contributed by atoms with Crippen molar-refractivity contribution in [2.24, 2.45) is 11.5 Å². The van der Waals surface area contributed by atoms with E-state index in [0.717, 1.165) is 0 Å². The van der Waals surface area contributed by atoms with Crippen molar-refractivity contribution >= 4 is 54.0 Å². The van der Waals surface area contributed by atoms with Crippen LogP contribution in [0.4, 0.5) is 0 Å². The number of nitrogens with one attached hydrogen (secondary N) is 3. The summed E-state index contributed by atoms with van der Waals surface area (Å²) in [6.07, 6.45) is 1.63. The lowest BCUT2D eigenvalue weighted by Gasteiger charge is -2.24. The molecule has 11 nitrogen and oxygen atoms in total. The summed E-state index contributed by atoms with van der Waals surface area (Å²) >= 11 is 5.42. The monoisotopic (exact) mass is 451 g/mol. The first-order valence-electron chi connectivity index (χ1n) is 8.81. The Bertz CT molecular complexity index is 604. The number of nitrogens with two attached hydrogens (primary N) is 2. The molecule has 0 radical (unpaired) electrons. The van der Waals surface area contributed by atoms with E-state index in [4.69, 9.17) is 11.5 Å². The van der Waals surface area contributed by atoms with E-state index in [1.807, 2.05) is 0 Å². The Balaban J connectivity index is 5.24. The Kier molecular flexibility index (Phi) is 13.1. The molecule has 0 aromatic rings. The minimum absolute atomic E-state index is 0.0695. The zero-order chi connectivity index (χ0) is 22.6. The zero-order valence-electron chi connectivity index (χ0n) is 16.3. The van der Waals surface area contributed by atoms with Gasteiger partial charge in [0.2, 0.25) is 23.6 Å². The van der Waals surface area contributed by atoms with E-state index >= 15 is 0 Å². The van der Waals surface area contributed by atoms with Gasteiger partial charge in [0.1, 0.15) is 18.1 Å². The maximum Gasteiger partial charge on any atom is 0.326 e. The number of primary amides is 1. The van der Waals surface area contributed by atoms with Gasteiger partial charge in [0.05, 0.1) is 6.04 Å². The number of carbonyl (C=O) groups excluding carboxylic acids is 4. The van der Waals surface area contributed by atoms with Crippen molar-refractivity contribution in [3.8, 4) is 0 Å². The van der Waals surface area contributed by atoms with Crippen molar-refractivity contribution in [3.05, 3.63) is 0 Å². The summed E-state index contributed by atoms with van der Waals surface area (Å²) in [7, 11) is 0. The highest BCUT2D eigenvalue weighted by atomic mass is 32.2. The number of carboxylic acids is 1. The van der Waals surface area contributed by atoms with Crippen molar-refractivity contribution in [3.63, 3.8) is 0 Å². The molecule has 8 N–H and O–H groups in total. The molecule has 0 saturated carbocycles. The smallest absolute Gasteiger partial charge is 0.326 e. The van der Waals surface area contributed by atoms with Gasteiger partial charge < -0.3 is 32.5 Å². The van der Waals surface area contributed by atoms with Crippen LogP contribution < -0.4 is 27.4 Å². The molecule has 0 rings (SSSR count). The fraction of sp³-hybridized carbons (Fsp3) is 0.688. The van der Waals surface area contributed by atoms with E-state index in [1.165, 1.54) is 18.7 Å². The molecule has 0 saturated heterocycles. The summed E-state index contributed by atoms with van der Waals surface area (Å²) in [6, 6.07) is -4.30. The second kappa shape index (κ2) is 14.1. The molecule has 0 fully saturated rings. The van der Waals surface area contributed by atoms with E-state index in [9.17, 15) is 29.1 Å². The van der Waals surface area contributed by atoms with E-state index in [-0.39, 0.29) is 25.0 Å². The number of rotatable bonds is 14.